The smallest absolute Gasteiger partial charge is 0.251 e. The van der Waals surface area contributed by atoms with Gasteiger partial charge in [0.25, 0.3) is 5.13 Å². The Morgan fingerprint density at radius 2 is 1.09 bits per heavy atom. The van der Waals surface area contributed by atoms with Crippen molar-refractivity contribution < 1.29 is 0 Å². The van der Waals surface area contributed by atoms with Gasteiger partial charge in [-0.1, -0.05) is 73.7 Å². The van der Waals surface area contributed by atoms with Crippen LogP contribution in [0.1, 0.15) is 32.2 Å². The van der Waals surface area contributed by atoms with Crippen LogP contribution in [0.3, 0.4) is 0 Å². The molecule has 0 aliphatic heterocycles. The zero-order valence-corrected chi connectivity index (χ0v) is 25.5. The Kier molecular flexibility index (Phi) is 8.79. The normalized spacial score (nSPS) is 12.7. The zero-order valence-electron chi connectivity index (χ0n) is 24.7. The van der Waals surface area contributed by atoms with Crippen molar-refractivity contribution in [1.29, 1.82) is 0 Å². The van der Waals surface area contributed by atoms with Gasteiger partial charge in [-0.25, -0.2) is 0 Å². The molecule has 0 saturated carbocycles. The van der Waals surface area contributed by atoms with Gasteiger partial charge in [-0.3, -0.25) is 0 Å². The number of azo groups is 3. The number of anilines is 1. The summed E-state index contributed by atoms with van der Waals surface area (Å²) >= 11 is 1.44. The van der Waals surface area contributed by atoms with E-state index in [-0.39, 0.29) is 0 Å². The standard InChI is InChI=1S/C34H31N9S/c1-4-22(3)35-29-18-19-31(26-11-7-6-10-25(26)29)39-40-32-21-20-30(27-12-8-9-13-28(27)32)38-36-23-14-16-24(17-15-23)37-42-34-43-41-33(5-2)44-34/h6-22,35H,4-5H2,1-3H3/b38-36+,40-39+,42-37+. The average molecular weight is 598 g/mol. The highest BCUT2D eigenvalue weighted by Crippen LogP contribution is 2.37. The molecule has 0 aliphatic carbocycles. The van der Waals surface area contributed by atoms with Crippen LogP contribution >= 0.6 is 11.3 Å². The van der Waals surface area contributed by atoms with Gasteiger partial charge >= 0.3 is 0 Å². The quantitative estimate of drug-likeness (QED) is 0.158. The second-order valence-corrected chi connectivity index (χ2v) is 11.3. The summed E-state index contributed by atoms with van der Waals surface area (Å²) in [5.74, 6) is 0. The molecule has 1 heterocycles. The molecule has 9 nitrogen and oxygen atoms in total. The average Bonchev–Trinajstić information content (AvgIpc) is 3.55. The minimum atomic E-state index is 0.380. The van der Waals surface area contributed by atoms with E-state index in [0.29, 0.717) is 22.5 Å². The lowest BCUT2D eigenvalue weighted by atomic mass is 10.1. The van der Waals surface area contributed by atoms with Gasteiger partial charge in [0.1, 0.15) is 5.01 Å². The lowest BCUT2D eigenvalue weighted by Crippen LogP contribution is -2.13. The number of benzene rings is 5. The first-order valence-corrected chi connectivity index (χ1v) is 15.4. The number of nitrogens with one attached hydrogen (secondary N) is 1. The molecule has 44 heavy (non-hydrogen) atoms. The first kappa shape index (κ1) is 28.9. The summed E-state index contributed by atoms with van der Waals surface area (Å²) in [5.41, 5.74) is 4.84. The topological polar surface area (TPSA) is 112 Å². The van der Waals surface area contributed by atoms with Crippen molar-refractivity contribution in [1.82, 2.24) is 10.2 Å². The van der Waals surface area contributed by atoms with Gasteiger partial charge in [-0.05, 0) is 68.3 Å². The molecule has 0 radical (unpaired) electrons. The molecule has 1 N–H and O–H groups in total. The summed E-state index contributed by atoms with van der Waals surface area (Å²) < 4.78 is 0. The molecule has 6 rings (SSSR count). The third-order valence-corrected chi connectivity index (χ3v) is 8.14. The van der Waals surface area contributed by atoms with Crippen molar-refractivity contribution in [2.75, 3.05) is 5.32 Å². The highest BCUT2D eigenvalue weighted by molar-refractivity contribution is 7.14. The monoisotopic (exact) mass is 597 g/mol. The molecule has 0 bridgehead atoms. The molecule has 1 unspecified atom stereocenters. The molecule has 0 saturated heterocycles. The Hall–Kier alpha value is -5.22. The van der Waals surface area contributed by atoms with Crippen LogP contribution in [0, 0.1) is 0 Å². The van der Waals surface area contributed by atoms with E-state index in [1.165, 1.54) is 11.3 Å². The van der Waals surface area contributed by atoms with E-state index >= 15 is 0 Å². The van der Waals surface area contributed by atoms with E-state index in [1.807, 2.05) is 79.7 Å². The second kappa shape index (κ2) is 13.4. The Bertz CT molecular complexity index is 1990. The molecule has 10 heteroatoms. The number of aryl methyl sites for hydroxylation is 1. The molecule has 0 amide bonds. The molecule has 0 spiro atoms. The van der Waals surface area contributed by atoms with Crippen molar-refractivity contribution in [3.05, 3.63) is 102 Å². The summed E-state index contributed by atoms with van der Waals surface area (Å²) in [7, 11) is 0. The van der Waals surface area contributed by atoms with Crippen LogP contribution in [0.5, 0.6) is 0 Å². The Labute approximate surface area is 259 Å². The number of fused-ring (bicyclic) bond motifs is 2. The van der Waals surface area contributed by atoms with Gasteiger partial charge in [0, 0.05) is 33.3 Å². The van der Waals surface area contributed by atoms with Gasteiger partial charge in [0.2, 0.25) is 0 Å². The fourth-order valence-electron chi connectivity index (χ4n) is 4.64. The van der Waals surface area contributed by atoms with Gasteiger partial charge in [0.05, 0.1) is 28.4 Å². The van der Waals surface area contributed by atoms with Crippen LogP contribution in [0.4, 0.5) is 39.3 Å². The SMILES string of the molecule is CCc1nnc(/N=N/c2ccc(/N=N/c3ccc(/N=N/c4ccc(NC(C)CC)c5ccccc45)c4ccccc34)cc2)s1. The lowest BCUT2D eigenvalue weighted by Gasteiger charge is -2.15. The highest BCUT2D eigenvalue weighted by atomic mass is 32.1. The number of rotatable bonds is 10. The van der Waals surface area contributed by atoms with E-state index < -0.39 is 0 Å². The summed E-state index contributed by atoms with van der Waals surface area (Å²) in [6.07, 6.45) is 1.88. The summed E-state index contributed by atoms with van der Waals surface area (Å²) in [5, 5.41) is 44.1. The third-order valence-electron chi connectivity index (χ3n) is 7.19. The third kappa shape index (κ3) is 6.55. The Morgan fingerprint density at radius 1 is 0.591 bits per heavy atom. The molecule has 0 fully saturated rings. The minimum Gasteiger partial charge on any atom is -0.382 e. The first-order valence-electron chi connectivity index (χ1n) is 14.6. The van der Waals surface area contributed by atoms with E-state index in [2.05, 4.69) is 84.3 Å². The summed E-state index contributed by atoms with van der Waals surface area (Å²) in [4.78, 5) is 0. The van der Waals surface area contributed by atoms with Crippen LogP contribution < -0.4 is 5.32 Å². The predicted molar refractivity (Wildman–Crippen MR) is 180 cm³/mol. The predicted octanol–water partition coefficient (Wildman–Crippen LogP) is 11.9. The summed E-state index contributed by atoms with van der Waals surface area (Å²) in [6.45, 7) is 6.40. The van der Waals surface area contributed by atoms with Gasteiger partial charge in [-0.15, -0.1) is 35.8 Å². The van der Waals surface area contributed by atoms with E-state index in [1.54, 1.807) is 0 Å². The lowest BCUT2D eigenvalue weighted by molar-refractivity contribution is 0.765. The van der Waals surface area contributed by atoms with Crippen molar-refractivity contribution >= 4 is 72.1 Å². The number of hydrogen-bond acceptors (Lipinski definition) is 10. The second-order valence-electron chi connectivity index (χ2n) is 10.2. The van der Waals surface area contributed by atoms with Gasteiger partial charge in [0.15, 0.2) is 0 Å². The van der Waals surface area contributed by atoms with Crippen LogP contribution in [-0.2, 0) is 6.42 Å². The van der Waals surface area contributed by atoms with Crippen molar-refractivity contribution in [2.24, 2.45) is 30.7 Å². The van der Waals surface area contributed by atoms with E-state index in [9.17, 15) is 0 Å². The highest BCUT2D eigenvalue weighted by Gasteiger charge is 2.09. The fourth-order valence-corrected chi connectivity index (χ4v) is 5.24. The van der Waals surface area contributed by atoms with E-state index in [0.717, 1.165) is 62.1 Å². The van der Waals surface area contributed by atoms with Crippen LogP contribution in [0.15, 0.2) is 128 Å². The molecular formula is C34H31N9S. The van der Waals surface area contributed by atoms with Crippen molar-refractivity contribution in [3.8, 4) is 0 Å². The van der Waals surface area contributed by atoms with Crippen molar-refractivity contribution in [3.63, 3.8) is 0 Å². The molecular weight excluding hydrogens is 567 g/mol. The molecule has 1 aromatic heterocycles. The largest absolute Gasteiger partial charge is 0.382 e. The van der Waals surface area contributed by atoms with Crippen molar-refractivity contribution in [2.45, 2.75) is 39.7 Å². The minimum absolute atomic E-state index is 0.380. The maximum absolute atomic E-state index is 4.69. The maximum atomic E-state index is 4.69. The fraction of sp³-hybridized carbons (Fsp3) is 0.176. The van der Waals surface area contributed by atoms with Crippen LogP contribution in [0.25, 0.3) is 21.5 Å². The Balaban J connectivity index is 1.23. The number of nitrogens with zero attached hydrogens (tertiary/aromatic N) is 8. The molecule has 1 atom stereocenters. The van der Waals surface area contributed by atoms with E-state index in [4.69, 9.17) is 0 Å². The van der Waals surface area contributed by atoms with Crippen LogP contribution in [-0.4, -0.2) is 16.2 Å². The number of hydrogen-bond donors (Lipinski definition) is 1. The first-order chi connectivity index (χ1) is 21.6. The molecule has 218 valence electrons. The van der Waals surface area contributed by atoms with Crippen LogP contribution in [0.2, 0.25) is 0 Å². The summed E-state index contributed by atoms with van der Waals surface area (Å²) in [6, 6.07) is 32.1. The Morgan fingerprint density at radius 3 is 1.64 bits per heavy atom. The zero-order chi connectivity index (χ0) is 30.3. The molecule has 6 aromatic rings. The number of aromatic nitrogens is 2. The molecule has 0 aliphatic rings. The van der Waals surface area contributed by atoms with Gasteiger partial charge in [-0.2, -0.15) is 5.11 Å². The molecule has 5 aromatic carbocycles. The van der Waals surface area contributed by atoms with Gasteiger partial charge < -0.3 is 5.32 Å². The maximum Gasteiger partial charge on any atom is 0.251 e.